The van der Waals surface area contributed by atoms with E-state index in [-0.39, 0.29) is 11.6 Å². The molecule has 3 aromatic rings. The maximum Gasteiger partial charge on any atom is 0.280 e. The highest BCUT2D eigenvalue weighted by molar-refractivity contribution is 8.18. The van der Waals surface area contributed by atoms with Gasteiger partial charge < -0.3 is 9.73 Å². The summed E-state index contributed by atoms with van der Waals surface area (Å²) >= 11 is 7.26. The van der Waals surface area contributed by atoms with Crippen LogP contribution in [0.3, 0.4) is 0 Å². The van der Waals surface area contributed by atoms with Crippen LogP contribution in [0.1, 0.15) is 11.3 Å². The Hall–Kier alpha value is -3.36. The molecular formula is C21H14ClN3O4S. The van der Waals surface area contributed by atoms with Crippen LogP contribution in [-0.4, -0.2) is 16.0 Å². The number of carbonyl (C=O) groups excluding carboxylic acids is 1. The fraction of sp³-hybridized carbons (Fsp3) is 0.0476. The second-order valence-corrected chi connectivity index (χ2v) is 7.85. The van der Waals surface area contributed by atoms with E-state index in [9.17, 15) is 14.9 Å². The molecule has 2 aromatic carbocycles. The van der Waals surface area contributed by atoms with Crippen molar-refractivity contribution in [2.24, 2.45) is 4.99 Å². The fourth-order valence-electron chi connectivity index (χ4n) is 2.84. The first-order valence-corrected chi connectivity index (χ1v) is 9.99. The summed E-state index contributed by atoms with van der Waals surface area (Å²) in [6, 6.07) is 15.3. The van der Waals surface area contributed by atoms with Gasteiger partial charge in [0.15, 0.2) is 5.17 Å². The summed E-state index contributed by atoms with van der Waals surface area (Å²) in [5.41, 5.74) is 1.67. The Morgan fingerprint density at radius 3 is 2.77 bits per heavy atom. The number of aliphatic imine (C=N–C) groups is 1. The van der Waals surface area contributed by atoms with Gasteiger partial charge in [-0.1, -0.05) is 29.8 Å². The maximum atomic E-state index is 12.3. The molecule has 0 aliphatic carbocycles. The van der Waals surface area contributed by atoms with E-state index >= 15 is 0 Å². The fourth-order valence-corrected chi connectivity index (χ4v) is 3.83. The number of halogens is 1. The van der Waals surface area contributed by atoms with E-state index in [0.717, 1.165) is 17.3 Å². The lowest BCUT2D eigenvalue weighted by atomic mass is 10.1. The molecule has 1 aliphatic heterocycles. The highest BCUT2D eigenvalue weighted by atomic mass is 35.5. The molecule has 0 saturated carbocycles. The van der Waals surface area contributed by atoms with E-state index in [1.165, 1.54) is 6.07 Å². The first kappa shape index (κ1) is 19.9. The van der Waals surface area contributed by atoms with Crippen molar-refractivity contribution in [1.82, 2.24) is 5.32 Å². The molecule has 7 nitrogen and oxygen atoms in total. The number of nitro groups is 1. The van der Waals surface area contributed by atoms with Crippen molar-refractivity contribution in [3.05, 3.63) is 86.0 Å². The summed E-state index contributed by atoms with van der Waals surface area (Å²) in [5.74, 6) is 0.434. The maximum absolute atomic E-state index is 12.3. The smallest absolute Gasteiger partial charge is 0.280 e. The number of para-hydroxylation sites is 1. The summed E-state index contributed by atoms with van der Waals surface area (Å²) in [5, 5.41) is 14.9. The molecule has 1 amide bonds. The number of carbonyl (C=O) groups is 1. The quantitative estimate of drug-likeness (QED) is 0.319. The van der Waals surface area contributed by atoms with E-state index in [1.807, 2.05) is 0 Å². The van der Waals surface area contributed by atoms with Gasteiger partial charge in [0.25, 0.3) is 11.6 Å². The van der Waals surface area contributed by atoms with E-state index in [1.54, 1.807) is 61.5 Å². The first-order valence-electron chi connectivity index (χ1n) is 8.80. The summed E-state index contributed by atoms with van der Waals surface area (Å²) < 4.78 is 5.75. The zero-order valence-electron chi connectivity index (χ0n) is 15.6. The average molecular weight is 440 g/mol. The van der Waals surface area contributed by atoms with Crippen molar-refractivity contribution < 1.29 is 14.1 Å². The van der Waals surface area contributed by atoms with Crippen LogP contribution in [0.25, 0.3) is 17.4 Å². The van der Waals surface area contributed by atoms with Crippen LogP contribution in [0.4, 0.5) is 11.4 Å². The largest absolute Gasteiger partial charge is 0.456 e. The molecule has 2 heterocycles. The highest BCUT2D eigenvalue weighted by Gasteiger charge is 2.25. The van der Waals surface area contributed by atoms with Crippen LogP contribution < -0.4 is 5.32 Å². The lowest BCUT2D eigenvalue weighted by Gasteiger charge is -2.01. The Labute approximate surface area is 180 Å². The minimum absolute atomic E-state index is 0.0364. The number of amidine groups is 1. The third-order valence-corrected chi connectivity index (χ3v) is 5.47. The van der Waals surface area contributed by atoms with Gasteiger partial charge in [0.05, 0.1) is 26.1 Å². The number of benzene rings is 2. The van der Waals surface area contributed by atoms with Gasteiger partial charge in [-0.05, 0) is 54.6 Å². The van der Waals surface area contributed by atoms with Gasteiger partial charge in [-0.3, -0.25) is 14.9 Å². The Morgan fingerprint density at radius 1 is 1.20 bits per heavy atom. The van der Waals surface area contributed by atoms with Crippen LogP contribution in [0.15, 0.2) is 68.9 Å². The molecule has 1 aromatic heterocycles. The van der Waals surface area contributed by atoms with Crippen LogP contribution in [0, 0.1) is 17.0 Å². The second-order valence-electron chi connectivity index (χ2n) is 6.41. The topological polar surface area (TPSA) is 97.7 Å². The minimum atomic E-state index is -0.444. The Balaban J connectivity index is 1.60. The van der Waals surface area contributed by atoms with Gasteiger partial charge in [0, 0.05) is 12.1 Å². The van der Waals surface area contributed by atoms with Crippen molar-refractivity contribution in [2.75, 3.05) is 0 Å². The summed E-state index contributed by atoms with van der Waals surface area (Å²) in [4.78, 5) is 27.9. The molecule has 1 N–H and O–H groups in total. The molecule has 1 fully saturated rings. The number of amides is 1. The number of thioether (sulfide) groups is 1. The van der Waals surface area contributed by atoms with Gasteiger partial charge in [-0.25, -0.2) is 4.99 Å². The predicted molar refractivity (Wildman–Crippen MR) is 118 cm³/mol. The summed E-state index contributed by atoms with van der Waals surface area (Å²) in [7, 11) is 0. The van der Waals surface area contributed by atoms with Gasteiger partial charge in [-0.2, -0.15) is 0 Å². The zero-order valence-corrected chi connectivity index (χ0v) is 17.2. The van der Waals surface area contributed by atoms with Gasteiger partial charge in [0.1, 0.15) is 11.5 Å². The predicted octanol–water partition coefficient (Wildman–Crippen LogP) is 5.71. The standard InChI is InChI=1S/C21H14ClN3O4S/c1-12-6-8-14(17(10-12)25(27)28)18-9-7-13(29-18)11-19-20(26)24-21(30-19)23-16-5-3-2-4-15(16)22/h2-11H,1H3,(H,23,24,26)/b19-11-. The van der Waals surface area contributed by atoms with Gasteiger partial charge in [-0.15, -0.1) is 0 Å². The molecule has 0 atom stereocenters. The lowest BCUT2D eigenvalue weighted by Crippen LogP contribution is -2.19. The highest BCUT2D eigenvalue weighted by Crippen LogP contribution is 2.34. The van der Waals surface area contributed by atoms with Crippen LogP contribution >= 0.6 is 23.4 Å². The molecule has 1 aliphatic rings. The summed E-state index contributed by atoms with van der Waals surface area (Å²) in [6.45, 7) is 1.78. The lowest BCUT2D eigenvalue weighted by molar-refractivity contribution is -0.384. The molecule has 1 saturated heterocycles. The third kappa shape index (κ3) is 4.14. The molecule has 150 valence electrons. The van der Waals surface area contributed by atoms with E-state index < -0.39 is 4.92 Å². The molecule has 30 heavy (non-hydrogen) atoms. The van der Waals surface area contributed by atoms with Crippen LogP contribution in [0.5, 0.6) is 0 Å². The number of hydrogen-bond acceptors (Lipinski definition) is 6. The van der Waals surface area contributed by atoms with Crippen molar-refractivity contribution in [3.8, 4) is 11.3 Å². The Morgan fingerprint density at radius 2 is 2.00 bits per heavy atom. The van der Waals surface area contributed by atoms with Crippen molar-refractivity contribution >= 4 is 51.9 Å². The Kier molecular flexibility index (Phi) is 5.43. The molecule has 0 unspecified atom stereocenters. The number of nitrogens with zero attached hydrogens (tertiary/aromatic N) is 2. The Bertz CT molecular complexity index is 1230. The molecule has 9 heteroatoms. The first-order chi connectivity index (χ1) is 14.4. The molecule has 0 radical (unpaired) electrons. The number of furan rings is 1. The molecule has 0 bridgehead atoms. The number of aryl methyl sites for hydroxylation is 1. The number of nitrogens with one attached hydrogen (secondary N) is 1. The average Bonchev–Trinajstić information content (AvgIpc) is 3.30. The van der Waals surface area contributed by atoms with Gasteiger partial charge in [0.2, 0.25) is 0 Å². The second kappa shape index (κ2) is 8.17. The van der Waals surface area contributed by atoms with Gasteiger partial charge >= 0.3 is 0 Å². The van der Waals surface area contributed by atoms with Crippen molar-refractivity contribution in [3.63, 3.8) is 0 Å². The SMILES string of the molecule is Cc1ccc(-c2ccc(/C=C3\SC(=Nc4ccccc4Cl)NC3=O)o2)c([N+](=O)[O-])c1. The minimum Gasteiger partial charge on any atom is -0.456 e. The number of hydrogen-bond donors (Lipinski definition) is 1. The number of rotatable bonds is 4. The normalized spacial score (nSPS) is 16.3. The third-order valence-electron chi connectivity index (χ3n) is 4.24. The van der Waals surface area contributed by atoms with E-state index in [4.69, 9.17) is 16.0 Å². The monoisotopic (exact) mass is 439 g/mol. The van der Waals surface area contributed by atoms with Crippen molar-refractivity contribution in [2.45, 2.75) is 6.92 Å². The van der Waals surface area contributed by atoms with Crippen LogP contribution in [-0.2, 0) is 4.79 Å². The number of nitro benzene ring substituents is 1. The molecular weight excluding hydrogens is 426 g/mol. The molecule has 4 rings (SSSR count). The van der Waals surface area contributed by atoms with E-state index in [0.29, 0.717) is 37.9 Å². The van der Waals surface area contributed by atoms with E-state index in [2.05, 4.69) is 10.3 Å². The summed E-state index contributed by atoms with van der Waals surface area (Å²) in [6.07, 6.45) is 1.57. The molecule has 0 spiro atoms. The zero-order chi connectivity index (χ0) is 21.3. The van der Waals surface area contributed by atoms with Crippen molar-refractivity contribution in [1.29, 1.82) is 0 Å². The van der Waals surface area contributed by atoms with Crippen LogP contribution in [0.2, 0.25) is 5.02 Å².